The third-order valence-electron chi connectivity index (χ3n) is 5.64. The van der Waals surface area contributed by atoms with Crippen molar-refractivity contribution in [3.63, 3.8) is 0 Å². The SMILES string of the molecule is O=C(CCC1CCCN(c2cc(NC3CC3)ncn2)C1)NCc1ccccc1Cl. The quantitative estimate of drug-likeness (QED) is 0.684. The Morgan fingerprint density at radius 1 is 1.21 bits per heavy atom. The Morgan fingerprint density at radius 3 is 2.90 bits per heavy atom. The van der Waals surface area contributed by atoms with Gasteiger partial charge in [-0.2, -0.15) is 0 Å². The van der Waals surface area contributed by atoms with Crippen LogP contribution in [0.4, 0.5) is 11.6 Å². The molecular weight excluding hydrogens is 386 g/mol. The van der Waals surface area contributed by atoms with Crippen LogP contribution in [0.25, 0.3) is 0 Å². The second kappa shape index (κ2) is 9.44. The molecule has 1 amide bonds. The van der Waals surface area contributed by atoms with Crippen LogP contribution in [0.2, 0.25) is 5.02 Å². The summed E-state index contributed by atoms with van der Waals surface area (Å²) < 4.78 is 0. The highest BCUT2D eigenvalue weighted by Gasteiger charge is 2.24. The van der Waals surface area contributed by atoms with Crippen molar-refractivity contribution in [2.24, 2.45) is 5.92 Å². The maximum atomic E-state index is 12.3. The molecule has 2 aromatic rings. The summed E-state index contributed by atoms with van der Waals surface area (Å²) in [6.45, 7) is 2.43. The third-order valence-corrected chi connectivity index (χ3v) is 6.01. The van der Waals surface area contributed by atoms with Gasteiger partial charge in [0.05, 0.1) is 0 Å². The van der Waals surface area contributed by atoms with Crippen LogP contribution in [-0.2, 0) is 11.3 Å². The summed E-state index contributed by atoms with van der Waals surface area (Å²) >= 11 is 6.15. The number of halogens is 1. The molecule has 0 spiro atoms. The second-order valence-electron chi connectivity index (χ2n) is 8.04. The molecule has 7 heteroatoms. The Morgan fingerprint density at radius 2 is 2.07 bits per heavy atom. The molecule has 1 aliphatic carbocycles. The molecule has 1 aromatic carbocycles. The van der Waals surface area contributed by atoms with Gasteiger partial charge < -0.3 is 15.5 Å². The number of rotatable bonds is 8. The summed E-state index contributed by atoms with van der Waals surface area (Å²) in [6, 6.07) is 10.2. The average Bonchev–Trinajstić information content (AvgIpc) is 3.56. The Hall–Kier alpha value is -2.34. The van der Waals surface area contributed by atoms with Gasteiger partial charge >= 0.3 is 0 Å². The molecule has 1 atom stereocenters. The van der Waals surface area contributed by atoms with Crippen LogP contribution in [0.1, 0.15) is 44.1 Å². The lowest BCUT2D eigenvalue weighted by Crippen LogP contribution is -2.36. The highest BCUT2D eigenvalue weighted by Crippen LogP contribution is 2.28. The first-order valence-corrected chi connectivity index (χ1v) is 10.9. The lowest BCUT2D eigenvalue weighted by atomic mass is 9.93. The molecule has 1 aliphatic heterocycles. The molecule has 4 rings (SSSR count). The Labute approximate surface area is 177 Å². The van der Waals surface area contributed by atoms with E-state index in [0.29, 0.717) is 29.9 Å². The van der Waals surface area contributed by atoms with Gasteiger partial charge in [0.1, 0.15) is 18.0 Å². The average molecular weight is 414 g/mol. The number of carbonyl (C=O) groups is 1. The molecule has 0 bridgehead atoms. The first kappa shape index (κ1) is 20.0. The molecule has 154 valence electrons. The number of hydrogen-bond acceptors (Lipinski definition) is 5. The van der Waals surface area contributed by atoms with Gasteiger partial charge in [0.2, 0.25) is 5.91 Å². The van der Waals surface area contributed by atoms with Gasteiger partial charge in [-0.3, -0.25) is 4.79 Å². The standard InChI is InChI=1S/C22H28ClN5O/c23-19-6-2-1-5-17(19)13-24-22(29)10-7-16-4-3-11-28(14-16)21-12-20(25-15-26-21)27-18-8-9-18/h1-2,5-6,12,15-16,18H,3-4,7-11,13-14H2,(H,24,29)(H,25,26,27). The fraction of sp³-hybridized carbons (Fsp3) is 0.500. The molecule has 2 heterocycles. The van der Waals surface area contributed by atoms with Crippen molar-refractivity contribution in [2.75, 3.05) is 23.3 Å². The van der Waals surface area contributed by atoms with Gasteiger partial charge in [-0.1, -0.05) is 29.8 Å². The Balaban J connectivity index is 1.24. The molecular formula is C22H28ClN5O. The topological polar surface area (TPSA) is 70.2 Å². The third kappa shape index (κ3) is 5.82. The minimum Gasteiger partial charge on any atom is -0.367 e. The largest absolute Gasteiger partial charge is 0.367 e. The minimum atomic E-state index is 0.0833. The number of nitrogens with one attached hydrogen (secondary N) is 2. The Kier molecular flexibility index (Phi) is 6.49. The molecule has 0 radical (unpaired) electrons. The smallest absolute Gasteiger partial charge is 0.220 e. The zero-order valence-electron chi connectivity index (χ0n) is 16.6. The molecule has 2 N–H and O–H groups in total. The number of aromatic nitrogens is 2. The number of piperidine rings is 1. The van der Waals surface area contributed by atoms with Gasteiger partial charge in [-0.25, -0.2) is 9.97 Å². The van der Waals surface area contributed by atoms with Crippen LogP contribution in [-0.4, -0.2) is 35.0 Å². The van der Waals surface area contributed by atoms with Crippen LogP contribution >= 0.6 is 11.6 Å². The predicted molar refractivity (Wildman–Crippen MR) is 116 cm³/mol. The molecule has 1 aromatic heterocycles. The Bertz CT molecular complexity index is 841. The van der Waals surface area contributed by atoms with E-state index in [-0.39, 0.29) is 5.91 Å². The zero-order chi connectivity index (χ0) is 20.1. The molecule has 6 nitrogen and oxygen atoms in total. The van der Waals surface area contributed by atoms with Crippen molar-refractivity contribution < 1.29 is 4.79 Å². The van der Waals surface area contributed by atoms with E-state index in [4.69, 9.17) is 11.6 Å². The van der Waals surface area contributed by atoms with Gasteiger partial charge in [0.25, 0.3) is 0 Å². The van der Waals surface area contributed by atoms with E-state index in [9.17, 15) is 4.79 Å². The fourth-order valence-corrected chi connectivity index (χ4v) is 4.01. The molecule has 2 aliphatic rings. The normalized spacial score (nSPS) is 19.1. The van der Waals surface area contributed by atoms with Crippen molar-refractivity contribution in [3.8, 4) is 0 Å². The number of carbonyl (C=O) groups excluding carboxylic acids is 1. The van der Waals surface area contributed by atoms with E-state index in [0.717, 1.165) is 49.6 Å². The second-order valence-corrected chi connectivity index (χ2v) is 8.45. The fourth-order valence-electron chi connectivity index (χ4n) is 3.80. The first-order chi connectivity index (χ1) is 14.2. The lowest BCUT2D eigenvalue weighted by Gasteiger charge is -2.33. The maximum absolute atomic E-state index is 12.3. The molecule has 2 fully saturated rings. The van der Waals surface area contributed by atoms with E-state index in [2.05, 4.69) is 31.6 Å². The van der Waals surface area contributed by atoms with Crippen LogP contribution in [0.3, 0.4) is 0 Å². The van der Waals surface area contributed by atoms with E-state index < -0.39 is 0 Å². The minimum absolute atomic E-state index is 0.0833. The van der Waals surface area contributed by atoms with Crippen LogP contribution in [0.15, 0.2) is 36.7 Å². The molecule has 1 saturated heterocycles. The number of benzene rings is 1. The van der Waals surface area contributed by atoms with Crippen LogP contribution < -0.4 is 15.5 Å². The van der Waals surface area contributed by atoms with Crippen LogP contribution in [0.5, 0.6) is 0 Å². The monoisotopic (exact) mass is 413 g/mol. The molecule has 29 heavy (non-hydrogen) atoms. The summed E-state index contributed by atoms with van der Waals surface area (Å²) in [4.78, 5) is 23.4. The number of nitrogens with zero attached hydrogens (tertiary/aromatic N) is 3. The lowest BCUT2D eigenvalue weighted by molar-refractivity contribution is -0.121. The summed E-state index contributed by atoms with van der Waals surface area (Å²) in [5.41, 5.74) is 0.950. The highest BCUT2D eigenvalue weighted by atomic mass is 35.5. The predicted octanol–water partition coefficient (Wildman–Crippen LogP) is 4.02. The molecule has 1 saturated carbocycles. The number of amides is 1. The van der Waals surface area contributed by atoms with E-state index in [1.807, 2.05) is 24.3 Å². The van der Waals surface area contributed by atoms with Crippen molar-refractivity contribution in [1.82, 2.24) is 15.3 Å². The van der Waals surface area contributed by atoms with E-state index >= 15 is 0 Å². The summed E-state index contributed by atoms with van der Waals surface area (Å²) in [7, 11) is 0. The maximum Gasteiger partial charge on any atom is 0.220 e. The van der Waals surface area contributed by atoms with Crippen molar-refractivity contribution in [1.29, 1.82) is 0 Å². The van der Waals surface area contributed by atoms with Gasteiger partial charge in [0.15, 0.2) is 0 Å². The van der Waals surface area contributed by atoms with Gasteiger partial charge in [-0.05, 0) is 49.7 Å². The van der Waals surface area contributed by atoms with E-state index in [1.54, 1.807) is 6.33 Å². The van der Waals surface area contributed by atoms with Crippen molar-refractivity contribution in [3.05, 3.63) is 47.2 Å². The number of anilines is 2. The van der Waals surface area contributed by atoms with Crippen LogP contribution in [0, 0.1) is 5.92 Å². The highest BCUT2D eigenvalue weighted by molar-refractivity contribution is 6.31. The summed E-state index contributed by atoms with van der Waals surface area (Å²) in [5.74, 6) is 2.49. The zero-order valence-corrected chi connectivity index (χ0v) is 17.4. The summed E-state index contributed by atoms with van der Waals surface area (Å²) in [6.07, 6.45) is 7.82. The van der Waals surface area contributed by atoms with Gasteiger partial charge in [-0.15, -0.1) is 0 Å². The van der Waals surface area contributed by atoms with Crippen molar-refractivity contribution in [2.45, 2.75) is 51.1 Å². The number of hydrogen-bond donors (Lipinski definition) is 2. The molecule has 1 unspecified atom stereocenters. The van der Waals surface area contributed by atoms with Gasteiger partial charge in [0, 0.05) is 43.2 Å². The summed E-state index contributed by atoms with van der Waals surface area (Å²) in [5, 5.41) is 7.12. The van der Waals surface area contributed by atoms with E-state index in [1.165, 1.54) is 12.8 Å². The van der Waals surface area contributed by atoms with Crippen molar-refractivity contribution >= 4 is 29.1 Å². The first-order valence-electron chi connectivity index (χ1n) is 10.5.